The van der Waals surface area contributed by atoms with Crippen molar-refractivity contribution >= 4 is 6.09 Å². The first kappa shape index (κ1) is 17.8. The minimum Gasteiger partial charge on any atom is -0.465 e. The van der Waals surface area contributed by atoms with Gasteiger partial charge in [0.15, 0.2) is 0 Å². The highest BCUT2D eigenvalue weighted by molar-refractivity contribution is 5.64. The first-order valence-corrected chi connectivity index (χ1v) is 7.46. The Morgan fingerprint density at radius 1 is 1.14 bits per heavy atom. The van der Waals surface area contributed by atoms with Crippen molar-refractivity contribution in [2.24, 2.45) is 5.92 Å². The third-order valence-electron chi connectivity index (χ3n) is 3.99. The molecule has 6 nitrogen and oxygen atoms in total. The fourth-order valence-electron chi connectivity index (χ4n) is 2.62. The molecule has 6 heteroatoms. The van der Waals surface area contributed by atoms with E-state index in [-0.39, 0.29) is 19.3 Å². The van der Waals surface area contributed by atoms with Crippen molar-refractivity contribution in [2.45, 2.75) is 31.7 Å². The zero-order chi connectivity index (χ0) is 15.7. The Morgan fingerprint density at radius 2 is 1.71 bits per heavy atom. The summed E-state index contributed by atoms with van der Waals surface area (Å²) in [6.07, 6.45) is 2.70. The largest absolute Gasteiger partial charge is 0.465 e. The second-order valence-electron chi connectivity index (χ2n) is 5.44. The van der Waals surface area contributed by atoms with Gasteiger partial charge in [0.2, 0.25) is 0 Å². The molecule has 1 aliphatic rings. The van der Waals surface area contributed by atoms with E-state index in [0.717, 1.165) is 25.7 Å². The number of rotatable bonds is 6. The van der Waals surface area contributed by atoms with Crippen molar-refractivity contribution in [3.63, 3.8) is 0 Å². The van der Waals surface area contributed by atoms with Crippen LogP contribution in [0.1, 0.15) is 25.7 Å². The number of aliphatic hydroxyl groups excluding tert-OH is 2. The minimum atomic E-state index is -0.867. The Balaban J connectivity index is 2.35. The Hall–Kier alpha value is -1.29. The fourth-order valence-corrected chi connectivity index (χ4v) is 2.62. The molecule has 1 saturated carbocycles. The van der Waals surface area contributed by atoms with Crippen LogP contribution in [0.5, 0.6) is 0 Å². The number of hydrogen-bond donors (Lipinski definition) is 3. The molecule has 1 aliphatic carbocycles. The van der Waals surface area contributed by atoms with E-state index in [2.05, 4.69) is 11.8 Å². The summed E-state index contributed by atoms with van der Waals surface area (Å²) < 4.78 is 0. The molecule has 0 aromatic rings. The van der Waals surface area contributed by atoms with Crippen LogP contribution in [0.15, 0.2) is 0 Å². The summed E-state index contributed by atoms with van der Waals surface area (Å²) in [5.74, 6) is 6.68. The summed E-state index contributed by atoms with van der Waals surface area (Å²) in [5, 5.41) is 26.8. The van der Waals surface area contributed by atoms with Gasteiger partial charge in [-0.2, -0.15) is 0 Å². The van der Waals surface area contributed by atoms with E-state index in [1.807, 2.05) is 4.90 Å². The molecule has 0 unspecified atom stereocenters. The third-order valence-corrected chi connectivity index (χ3v) is 3.99. The predicted octanol–water partition coefficient (Wildman–Crippen LogP) is 0.445. The molecule has 0 aromatic heterocycles. The third kappa shape index (κ3) is 6.34. The van der Waals surface area contributed by atoms with Crippen LogP contribution in [-0.2, 0) is 0 Å². The first-order chi connectivity index (χ1) is 10.1. The maximum absolute atomic E-state index is 10.9. The highest BCUT2D eigenvalue weighted by Gasteiger charge is 2.25. The minimum absolute atomic E-state index is 0.0638. The van der Waals surface area contributed by atoms with Gasteiger partial charge in [0.1, 0.15) is 0 Å². The van der Waals surface area contributed by atoms with Crippen LogP contribution in [0.4, 0.5) is 4.79 Å². The molecular formula is C15H26N2O4. The van der Waals surface area contributed by atoms with Crippen molar-refractivity contribution in [2.75, 3.05) is 39.9 Å². The average molecular weight is 298 g/mol. The molecule has 0 saturated heterocycles. The van der Waals surface area contributed by atoms with E-state index in [9.17, 15) is 4.79 Å². The molecule has 0 atom stereocenters. The van der Waals surface area contributed by atoms with E-state index < -0.39 is 6.09 Å². The molecule has 0 heterocycles. The smallest absolute Gasteiger partial charge is 0.407 e. The van der Waals surface area contributed by atoms with Crippen molar-refractivity contribution in [1.29, 1.82) is 0 Å². The fraction of sp³-hybridized carbons (Fsp3) is 0.800. The topological polar surface area (TPSA) is 84.2 Å². The van der Waals surface area contributed by atoms with Crippen molar-refractivity contribution in [3.8, 4) is 11.8 Å². The molecule has 3 N–H and O–H groups in total. The lowest BCUT2D eigenvalue weighted by molar-refractivity contribution is 0.123. The van der Waals surface area contributed by atoms with Crippen LogP contribution in [0.25, 0.3) is 0 Å². The molecule has 0 aliphatic heterocycles. The molecule has 1 amide bonds. The van der Waals surface area contributed by atoms with Crippen molar-refractivity contribution < 1.29 is 20.1 Å². The average Bonchev–Trinajstić information content (AvgIpc) is 2.47. The van der Waals surface area contributed by atoms with E-state index in [0.29, 0.717) is 25.6 Å². The molecule has 0 radical (unpaired) electrons. The standard InChI is InChI=1S/C15H26N2O4/c1-16(15(20)21)14-6-4-13(5-7-14)3-2-8-17(9-11-18)10-12-19/h13-14,18-19H,4-12H2,1H3,(H,20,21). The second kappa shape index (κ2) is 9.61. The zero-order valence-electron chi connectivity index (χ0n) is 12.7. The van der Waals surface area contributed by atoms with Crippen LogP contribution < -0.4 is 0 Å². The van der Waals surface area contributed by atoms with Gasteiger partial charge in [0.05, 0.1) is 19.8 Å². The summed E-state index contributed by atoms with van der Waals surface area (Å²) in [6, 6.07) is 0.112. The number of aliphatic hydroxyl groups is 2. The van der Waals surface area contributed by atoms with Crippen LogP contribution in [0.2, 0.25) is 0 Å². The second-order valence-corrected chi connectivity index (χ2v) is 5.44. The molecule has 1 fully saturated rings. The lowest BCUT2D eigenvalue weighted by Crippen LogP contribution is -2.38. The Morgan fingerprint density at radius 3 is 2.19 bits per heavy atom. The number of carbonyl (C=O) groups is 1. The van der Waals surface area contributed by atoms with Crippen LogP contribution in [0, 0.1) is 17.8 Å². The first-order valence-electron chi connectivity index (χ1n) is 7.46. The molecule has 0 bridgehead atoms. The molecule has 21 heavy (non-hydrogen) atoms. The Kier molecular flexibility index (Phi) is 8.13. The summed E-state index contributed by atoms with van der Waals surface area (Å²) in [5.41, 5.74) is 0. The maximum Gasteiger partial charge on any atom is 0.407 e. The number of amides is 1. The van der Waals surface area contributed by atoms with E-state index in [4.69, 9.17) is 15.3 Å². The summed E-state index contributed by atoms with van der Waals surface area (Å²) >= 11 is 0. The van der Waals surface area contributed by atoms with E-state index in [1.54, 1.807) is 7.05 Å². The van der Waals surface area contributed by atoms with Gasteiger partial charge in [-0.25, -0.2) is 4.79 Å². The van der Waals surface area contributed by atoms with Crippen molar-refractivity contribution in [1.82, 2.24) is 9.80 Å². The molecule has 1 rings (SSSR count). The zero-order valence-corrected chi connectivity index (χ0v) is 12.7. The lowest BCUT2D eigenvalue weighted by Gasteiger charge is -2.31. The van der Waals surface area contributed by atoms with Crippen LogP contribution in [-0.4, -0.2) is 77.2 Å². The van der Waals surface area contributed by atoms with Gasteiger partial charge in [-0.05, 0) is 25.7 Å². The highest BCUT2D eigenvalue weighted by Crippen LogP contribution is 2.26. The molecule has 0 aromatic carbocycles. The summed E-state index contributed by atoms with van der Waals surface area (Å²) in [6.45, 7) is 1.72. The van der Waals surface area contributed by atoms with E-state index >= 15 is 0 Å². The van der Waals surface area contributed by atoms with E-state index in [1.165, 1.54) is 4.90 Å². The SMILES string of the molecule is CN(C(=O)O)C1CCC(C#CCN(CCO)CCO)CC1. The monoisotopic (exact) mass is 298 g/mol. The molecular weight excluding hydrogens is 272 g/mol. The van der Waals surface area contributed by atoms with Gasteiger partial charge in [-0.3, -0.25) is 4.90 Å². The van der Waals surface area contributed by atoms with Crippen LogP contribution >= 0.6 is 0 Å². The number of carboxylic acid groups (broad SMARTS) is 1. The Bertz CT molecular complexity index is 364. The predicted molar refractivity (Wildman–Crippen MR) is 79.9 cm³/mol. The van der Waals surface area contributed by atoms with Gasteiger partial charge in [0.25, 0.3) is 0 Å². The van der Waals surface area contributed by atoms with Gasteiger partial charge >= 0.3 is 6.09 Å². The van der Waals surface area contributed by atoms with Gasteiger partial charge in [-0.15, -0.1) is 0 Å². The molecule has 0 spiro atoms. The van der Waals surface area contributed by atoms with Gasteiger partial charge in [0, 0.05) is 32.1 Å². The summed E-state index contributed by atoms with van der Waals surface area (Å²) in [7, 11) is 1.63. The number of nitrogens with zero attached hydrogens (tertiary/aromatic N) is 2. The van der Waals surface area contributed by atoms with Crippen molar-refractivity contribution in [3.05, 3.63) is 0 Å². The van der Waals surface area contributed by atoms with Gasteiger partial charge in [-0.1, -0.05) is 11.8 Å². The summed E-state index contributed by atoms with van der Waals surface area (Å²) in [4.78, 5) is 14.2. The highest BCUT2D eigenvalue weighted by atomic mass is 16.4. The maximum atomic E-state index is 10.9. The molecule has 120 valence electrons. The van der Waals surface area contributed by atoms with Crippen LogP contribution in [0.3, 0.4) is 0 Å². The lowest BCUT2D eigenvalue weighted by atomic mass is 9.86. The normalized spacial score (nSPS) is 21.7. The van der Waals surface area contributed by atoms with Gasteiger partial charge < -0.3 is 20.2 Å². The Labute approximate surface area is 126 Å². The quantitative estimate of drug-likeness (QED) is 0.620. The number of hydrogen-bond acceptors (Lipinski definition) is 4.